The molecule has 6 fully saturated rings. The SMILES string of the molecule is CC(O)[C@@H]1CC[C@]2(C(=O)O)CC[C@]3(C)C(CCC4[C@@]5(C)CC[C@@H](OC(=O)NC6CC6)C(C)(C)C5CC[C@]43C)C12. The predicted molar refractivity (Wildman–Crippen MR) is 150 cm³/mol. The number of fused-ring (bicyclic) bond motifs is 7. The first-order valence-electron chi connectivity index (χ1n) is 16.1. The van der Waals surface area contributed by atoms with Gasteiger partial charge in [-0.2, -0.15) is 0 Å². The van der Waals surface area contributed by atoms with Crippen LogP contribution < -0.4 is 5.32 Å². The topological polar surface area (TPSA) is 95.9 Å². The van der Waals surface area contributed by atoms with Crippen LogP contribution in [0.25, 0.3) is 0 Å². The highest BCUT2D eigenvalue weighted by Gasteiger charge is 2.72. The molecule has 6 aliphatic carbocycles. The number of nitrogens with one attached hydrogen (secondary N) is 1. The molecule has 3 N–H and O–H groups in total. The number of alkyl carbamates (subject to hydrolysis) is 1. The molecule has 0 aromatic heterocycles. The number of carbonyl (C=O) groups excluding carboxylic acids is 1. The molecule has 1 amide bonds. The van der Waals surface area contributed by atoms with Gasteiger partial charge >= 0.3 is 12.1 Å². The molecule has 0 bridgehead atoms. The van der Waals surface area contributed by atoms with Gasteiger partial charge in [-0.05, 0) is 130 Å². The van der Waals surface area contributed by atoms with Crippen molar-refractivity contribution in [3.8, 4) is 0 Å². The van der Waals surface area contributed by atoms with E-state index in [1.807, 2.05) is 6.92 Å². The highest BCUT2D eigenvalue weighted by atomic mass is 16.6. The first-order chi connectivity index (χ1) is 18.2. The predicted octanol–water partition coefficient (Wildman–Crippen LogP) is 6.79. The van der Waals surface area contributed by atoms with Crippen LogP contribution in [0.15, 0.2) is 0 Å². The molecule has 0 aromatic rings. The van der Waals surface area contributed by atoms with Crippen molar-refractivity contribution >= 4 is 12.1 Å². The fourth-order valence-corrected chi connectivity index (χ4v) is 12.3. The van der Waals surface area contributed by atoms with E-state index in [9.17, 15) is 19.8 Å². The minimum absolute atomic E-state index is 0.0539. The van der Waals surface area contributed by atoms with Crippen LogP contribution in [0, 0.1) is 56.7 Å². The number of carboxylic acids is 1. The summed E-state index contributed by atoms with van der Waals surface area (Å²) in [6.45, 7) is 14.2. The van der Waals surface area contributed by atoms with Gasteiger partial charge in [0.05, 0.1) is 11.5 Å². The fourth-order valence-electron chi connectivity index (χ4n) is 12.3. The van der Waals surface area contributed by atoms with E-state index in [-0.39, 0.29) is 45.7 Å². The summed E-state index contributed by atoms with van der Waals surface area (Å²) in [5, 5.41) is 24.4. The zero-order valence-electron chi connectivity index (χ0n) is 25.2. The molecular weight excluding hydrogens is 490 g/mol. The molecular formula is C33H53NO5. The standard InChI is InChI=1S/C33H53NO5/c1-19(35)21-11-16-33(27(36)37)18-17-31(5)22(26(21)33)9-10-24-30(4)14-13-25(39-28(38)34-20-7-8-20)29(2,3)23(30)12-15-32(24,31)6/h19-26,35H,7-18H2,1-6H3,(H,34,38)(H,36,37)/t19?,21-,22?,23?,24?,25+,26?,30-,31+,32+,33-/m0/s1. The second-order valence-corrected chi connectivity index (χ2v) is 16.3. The number of rotatable bonds is 4. The molecule has 220 valence electrons. The maximum Gasteiger partial charge on any atom is 0.407 e. The maximum atomic E-state index is 12.8. The monoisotopic (exact) mass is 543 g/mol. The highest BCUT2D eigenvalue weighted by Crippen LogP contribution is 2.77. The Morgan fingerprint density at radius 1 is 0.821 bits per heavy atom. The number of aliphatic carboxylic acids is 1. The van der Waals surface area contributed by atoms with Crippen LogP contribution in [0.2, 0.25) is 0 Å². The van der Waals surface area contributed by atoms with E-state index in [1.54, 1.807) is 0 Å². The van der Waals surface area contributed by atoms with Gasteiger partial charge in [0.1, 0.15) is 6.10 Å². The summed E-state index contributed by atoms with van der Waals surface area (Å²) >= 11 is 0. The number of ether oxygens (including phenoxy) is 1. The molecule has 0 heterocycles. The van der Waals surface area contributed by atoms with Crippen molar-refractivity contribution in [3.63, 3.8) is 0 Å². The number of hydrogen-bond acceptors (Lipinski definition) is 4. The Bertz CT molecular complexity index is 1020. The van der Waals surface area contributed by atoms with Gasteiger partial charge in [-0.25, -0.2) is 4.79 Å². The van der Waals surface area contributed by atoms with Crippen molar-refractivity contribution in [2.45, 2.75) is 137 Å². The second-order valence-electron chi connectivity index (χ2n) is 16.3. The quantitative estimate of drug-likeness (QED) is 0.363. The Hall–Kier alpha value is -1.30. The molecule has 39 heavy (non-hydrogen) atoms. The molecule has 0 aliphatic heterocycles. The molecule has 6 rings (SSSR count). The van der Waals surface area contributed by atoms with Crippen molar-refractivity contribution in [1.29, 1.82) is 0 Å². The minimum Gasteiger partial charge on any atom is -0.481 e. The number of aliphatic hydroxyl groups excluding tert-OH is 1. The zero-order valence-corrected chi connectivity index (χ0v) is 25.2. The average Bonchev–Trinajstić information content (AvgIpc) is 3.56. The van der Waals surface area contributed by atoms with Crippen molar-refractivity contribution in [2.24, 2.45) is 56.7 Å². The normalized spacial score (nSPS) is 50.9. The van der Waals surface area contributed by atoms with Crippen molar-refractivity contribution < 1.29 is 24.5 Å². The molecule has 6 nitrogen and oxygen atoms in total. The van der Waals surface area contributed by atoms with E-state index >= 15 is 0 Å². The number of carboxylic acid groups (broad SMARTS) is 1. The van der Waals surface area contributed by atoms with Crippen LogP contribution in [0.4, 0.5) is 4.79 Å². The molecule has 6 aliphatic rings. The van der Waals surface area contributed by atoms with Crippen molar-refractivity contribution in [1.82, 2.24) is 5.32 Å². The number of hydrogen-bond donors (Lipinski definition) is 3. The summed E-state index contributed by atoms with van der Waals surface area (Å²) in [5.41, 5.74) is -0.342. The third kappa shape index (κ3) is 3.74. The van der Waals surface area contributed by atoms with Gasteiger partial charge in [0.25, 0.3) is 0 Å². The zero-order chi connectivity index (χ0) is 28.2. The molecule has 6 saturated carbocycles. The van der Waals surface area contributed by atoms with Crippen LogP contribution in [-0.4, -0.2) is 40.5 Å². The summed E-state index contributed by atoms with van der Waals surface area (Å²) in [6.07, 6.45) is 11.2. The van der Waals surface area contributed by atoms with Gasteiger partial charge < -0.3 is 20.3 Å². The van der Waals surface area contributed by atoms with Gasteiger partial charge in [0.2, 0.25) is 0 Å². The van der Waals surface area contributed by atoms with Crippen LogP contribution in [0.1, 0.15) is 119 Å². The third-order valence-electron chi connectivity index (χ3n) is 14.6. The summed E-state index contributed by atoms with van der Waals surface area (Å²) in [6, 6.07) is 0.310. The first-order valence-corrected chi connectivity index (χ1v) is 16.1. The summed E-state index contributed by atoms with van der Waals surface area (Å²) in [7, 11) is 0. The maximum absolute atomic E-state index is 12.8. The lowest BCUT2D eigenvalue weighted by atomic mass is 9.32. The average molecular weight is 544 g/mol. The molecule has 0 saturated heterocycles. The Labute approximate surface area is 235 Å². The molecule has 0 spiro atoms. The van der Waals surface area contributed by atoms with Gasteiger partial charge in [-0.15, -0.1) is 0 Å². The fraction of sp³-hybridized carbons (Fsp3) is 0.939. The lowest BCUT2D eigenvalue weighted by Crippen LogP contribution is -2.67. The molecule has 11 atom stereocenters. The third-order valence-corrected chi connectivity index (χ3v) is 14.6. The highest BCUT2D eigenvalue weighted by molar-refractivity contribution is 5.76. The largest absolute Gasteiger partial charge is 0.481 e. The molecule has 5 unspecified atom stereocenters. The van der Waals surface area contributed by atoms with Crippen molar-refractivity contribution in [2.75, 3.05) is 0 Å². The van der Waals surface area contributed by atoms with E-state index in [1.165, 1.54) is 0 Å². The number of carbonyl (C=O) groups is 2. The van der Waals surface area contributed by atoms with Gasteiger partial charge in [0, 0.05) is 11.5 Å². The van der Waals surface area contributed by atoms with Gasteiger partial charge in [-0.3, -0.25) is 4.79 Å². The van der Waals surface area contributed by atoms with Gasteiger partial charge in [0.15, 0.2) is 0 Å². The molecule has 0 radical (unpaired) electrons. The van der Waals surface area contributed by atoms with E-state index in [4.69, 9.17) is 4.74 Å². The van der Waals surface area contributed by atoms with E-state index in [2.05, 4.69) is 39.9 Å². The van der Waals surface area contributed by atoms with Crippen LogP contribution in [0.5, 0.6) is 0 Å². The van der Waals surface area contributed by atoms with Crippen LogP contribution in [-0.2, 0) is 9.53 Å². The van der Waals surface area contributed by atoms with Crippen LogP contribution >= 0.6 is 0 Å². The summed E-state index contributed by atoms with van der Waals surface area (Å²) in [4.78, 5) is 25.4. The summed E-state index contributed by atoms with van der Waals surface area (Å²) in [5.74, 6) is 0.966. The molecule has 0 aromatic carbocycles. The Morgan fingerprint density at radius 3 is 2.18 bits per heavy atom. The van der Waals surface area contributed by atoms with E-state index < -0.39 is 17.5 Å². The van der Waals surface area contributed by atoms with Crippen LogP contribution in [0.3, 0.4) is 0 Å². The van der Waals surface area contributed by atoms with E-state index in [0.717, 1.165) is 77.0 Å². The minimum atomic E-state index is -0.658. The Morgan fingerprint density at radius 2 is 1.54 bits per heavy atom. The smallest absolute Gasteiger partial charge is 0.407 e. The van der Waals surface area contributed by atoms with E-state index in [0.29, 0.717) is 23.8 Å². The Kier molecular flexibility index (Phi) is 6.32. The second kappa shape index (κ2) is 8.85. The lowest BCUT2D eigenvalue weighted by molar-refractivity contribution is -0.250. The van der Waals surface area contributed by atoms with Crippen molar-refractivity contribution in [3.05, 3.63) is 0 Å². The molecule has 6 heteroatoms. The van der Waals surface area contributed by atoms with Gasteiger partial charge in [-0.1, -0.05) is 34.6 Å². The number of amides is 1. The Balaban J connectivity index is 1.29. The summed E-state index contributed by atoms with van der Waals surface area (Å²) < 4.78 is 6.10. The lowest BCUT2D eigenvalue weighted by Gasteiger charge is -2.72. The first kappa shape index (κ1) is 27.8. The number of aliphatic hydroxyl groups is 1.